The molecule has 0 aliphatic carbocycles. The van der Waals surface area contributed by atoms with E-state index >= 15 is 0 Å². The molecule has 0 saturated carbocycles. The number of likely N-dealkylation sites (N-methyl/N-ethyl adjacent to an activating group) is 1. The van der Waals surface area contributed by atoms with Crippen LogP contribution in [-0.2, 0) is 7.05 Å². The Morgan fingerprint density at radius 2 is 2.29 bits per heavy atom. The predicted octanol–water partition coefficient (Wildman–Crippen LogP) is -0.0909. The number of nitrogens with zero attached hydrogens (tertiary/aromatic N) is 4. The maximum absolute atomic E-state index is 6.09. The van der Waals surface area contributed by atoms with Gasteiger partial charge in [-0.05, 0) is 26.4 Å². The molecule has 5 heteroatoms. The zero-order chi connectivity index (χ0) is 10.1. The van der Waals surface area contributed by atoms with Crippen LogP contribution in [-0.4, -0.2) is 39.5 Å². The van der Waals surface area contributed by atoms with Gasteiger partial charge in [0.05, 0.1) is 6.04 Å². The Morgan fingerprint density at radius 1 is 1.50 bits per heavy atom. The molecule has 78 valence electrons. The lowest BCUT2D eigenvalue weighted by molar-refractivity contribution is 0.159. The molecule has 0 radical (unpaired) electrons. The molecule has 2 rings (SSSR count). The second-order valence-corrected chi connectivity index (χ2v) is 4.05. The summed E-state index contributed by atoms with van der Waals surface area (Å²) in [6, 6.07) is 0.419. The molecular formula is C9H17N5. The van der Waals surface area contributed by atoms with Crippen LogP contribution in [0.15, 0.2) is 6.20 Å². The van der Waals surface area contributed by atoms with Gasteiger partial charge in [0.2, 0.25) is 0 Å². The Hall–Kier alpha value is -0.940. The van der Waals surface area contributed by atoms with Crippen LogP contribution in [0.25, 0.3) is 0 Å². The third-order valence-electron chi connectivity index (χ3n) is 2.85. The maximum Gasteiger partial charge on any atom is 0.101 e. The van der Waals surface area contributed by atoms with E-state index in [1.165, 1.54) is 6.42 Å². The van der Waals surface area contributed by atoms with Gasteiger partial charge < -0.3 is 5.73 Å². The average molecular weight is 195 g/mol. The van der Waals surface area contributed by atoms with Crippen LogP contribution in [0.4, 0.5) is 0 Å². The second kappa shape index (κ2) is 3.67. The highest BCUT2D eigenvalue weighted by molar-refractivity contribution is 5.06. The summed E-state index contributed by atoms with van der Waals surface area (Å²) in [7, 11) is 3.98. The average Bonchev–Trinajstić information content (AvgIpc) is 2.51. The molecule has 1 fully saturated rings. The molecule has 1 aliphatic rings. The summed E-state index contributed by atoms with van der Waals surface area (Å²) in [6.45, 7) is 1.09. The number of aromatic nitrogens is 3. The highest BCUT2D eigenvalue weighted by atomic mass is 15.4. The number of aryl methyl sites for hydroxylation is 1. The summed E-state index contributed by atoms with van der Waals surface area (Å²) in [6.07, 6.45) is 4.20. The summed E-state index contributed by atoms with van der Waals surface area (Å²) in [5, 5.41) is 8.08. The SMILES string of the molecule is CN1CCCC(N)C1c1cn(C)nn1. The van der Waals surface area contributed by atoms with Crippen molar-refractivity contribution in [2.24, 2.45) is 12.8 Å². The summed E-state index contributed by atoms with van der Waals surface area (Å²) in [4.78, 5) is 2.26. The highest BCUT2D eigenvalue weighted by Gasteiger charge is 2.29. The first-order valence-electron chi connectivity index (χ1n) is 5.00. The number of piperidine rings is 1. The number of hydrogen-bond acceptors (Lipinski definition) is 4. The van der Waals surface area contributed by atoms with Gasteiger partial charge in [0, 0.05) is 19.3 Å². The molecule has 1 saturated heterocycles. The smallest absolute Gasteiger partial charge is 0.101 e. The molecule has 1 aromatic heterocycles. The molecule has 1 aliphatic heterocycles. The molecule has 2 unspecified atom stereocenters. The topological polar surface area (TPSA) is 60.0 Å². The van der Waals surface area contributed by atoms with Crippen molar-refractivity contribution in [2.45, 2.75) is 24.9 Å². The first kappa shape index (κ1) is 9.61. The van der Waals surface area contributed by atoms with Crippen LogP contribution >= 0.6 is 0 Å². The minimum atomic E-state index is 0.186. The van der Waals surface area contributed by atoms with Gasteiger partial charge in [0.25, 0.3) is 0 Å². The maximum atomic E-state index is 6.09. The molecule has 2 atom stereocenters. The number of rotatable bonds is 1. The van der Waals surface area contributed by atoms with Crippen LogP contribution in [0.5, 0.6) is 0 Å². The van der Waals surface area contributed by atoms with Crippen molar-refractivity contribution < 1.29 is 0 Å². The third kappa shape index (κ3) is 1.65. The predicted molar refractivity (Wildman–Crippen MR) is 53.6 cm³/mol. The lowest BCUT2D eigenvalue weighted by Gasteiger charge is -2.35. The lowest BCUT2D eigenvalue weighted by atomic mass is 9.95. The fourth-order valence-corrected chi connectivity index (χ4v) is 2.15. The van der Waals surface area contributed by atoms with Crippen LogP contribution in [0, 0.1) is 0 Å². The molecule has 1 aromatic rings. The Balaban J connectivity index is 2.22. The fourth-order valence-electron chi connectivity index (χ4n) is 2.15. The highest BCUT2D eigenvalue weighted by Crippen LogP contribution is 2.26. The van der Waals surface area contributed by atoms with Gasteiger partial charge in [-0.1, -0.05) is 5.21 Å². The van der Waals surface area contributed by atoms with Crippen molar-refractivity contribution in [1.29, 1.82) is 0 Å². The minimum Gasteiger partial charge on any atom is -0.326 e. The van der Waals surface area contributed by atoms with Crippen LogP contribution in [0.3, 0.4) is 0 Å². The Labute approximate surface area is 83.9 Å². The van der Waals surface area contributed by atoms with Crippen molar-refractivity contribution >= 4 is 0 Å². The molecule has 5 nitrogen and oxygen atoms in total. The summed E-state index contributed by atoms with van der Waals surface area (Å²) >= 11 is 0. The van der Waals surface area contributed by atoms with E-state index in [2.05, 4.69) is 22.3 Å². The monoisotopic (exact) mass is 195 g/mol. The van der Waals surface area contributed by atoms with Crippen molar-refractivity contribution in [3.63, 3.8) is 0 Å². The molecule has 2 heterocycles. The molecule has 0 bridgehead atoms. The van der Waals surface area contributed by atoms with E-state index < -0.39 is 0 Å². The standard InChI is InChI=1S/C9H17N5/c1-13-5-3-4-7(10)9(13)8-6-14(2)12-11-8/h6-7,9H,3-5,10H2,1-2H3. The second-order valence-electron chi connectivity index (χ2n) is 4.05. The van der Waals surface area contributed by atoms with E-state index in [1.807, 2.05) is 13.2 Å². The number of likely N-dealkylation sites (tertiary alicyclic amines) is 1. The Kier molecular flexibility index (Phi) is 2.52. The summed E-state index contributed by atoms with van der Waals surface area (Å²) in [5.41, 5.74) is 7.08. The quantitative estimate of drug-likeness (QED) is 0.680. The van der Waals surface area contributed by atoms with Gasteiger partial charge in [-0.3, -0.25) is 9.58 Å². The van der Waals surface area contributed by atoms with Crippen molar-refractivity contribution in [2.75, 3.05) is 13.6 Å². The van der Waals surface area contributed by atoms with Gasteiger partial charge >= 0.3 is 0 Å². The minimum absolute atomic E-state index is 0.186. The lowest BCUT2D eigenvalue weighted by Crippen LogP contribution is -2.44. The van der Waals surface area contributed by atoms with E-state index in [4.69, 9.17) is 5.73 Å². The summed E-state index contributed by atoms with van der Waals surface area (Å²) in [5.74, 6) is 0. The van der Waals surface area contributed by atoms with Crippen molar-refractivity contribution in [3.8, 4) is 0 Å². The van der Waals surface area contributed by atoms with Crippen molar-refractivity contribution in [3.05, 3.63) is 11.9 Å². The zero-order valence-corrected chi connectivity index (χ0v) is 8.72. The number of hydrogen-bond donors (Lipinski definition) is 1. The largest absolute Gasteiger partial charge is 0.326 e. The molecule has 0 amide bonds. The number of nitrogens with two attached hydrogens (primary N) is 1. The molecular weight excluding hydrogens is 178 g/mol. The van der Waals surface area contributed by atoms with E-state index in [-0.39, 0.29) is 12.1 Å². The van der Waals surface area contributed by atoms with Gasteiger partial charge in [0.1, 0.15) is 5.69 Å². The van der Waals surface area contributed by atoms with E-state index in [0.717, 1.165) is 18.7 Å². The summed E-state index contributed by atoms with van der Waals surface area (Å²) < 4.78 is 1.73. The fraction of sp³-hybridized carbons (Fsp3) is 0.778. The normalized spacial score (nSPS) is 29.4. The van der Waals surface area contributed by atoms with E-state index in [0.29, 0.717) is 0 Å². The van der Waals surface area contributed by atoms with Gasteiger partial charge in [-0.2, -0.15) is 0 Å². The van der Waals surface area contributed by atoms with Gasteiger partial charge in [-0.15, -0.1) is 5.10 Å². The molecule has 2 N–H and O–H groups in total. The van der Waals surface area contributed by atoms with E-state index in [9.17, 15) is 0 Å². The van der Waals surface area contributed by atoms with E-state index in [1.54, 1.807) is 4.68 Å². The van der Waals surface area contributed by atoms with Crippen LogP contribution < -0.4 is 5.73 Å². The Bertz CT molecular complexity index is 298. The van der Waals surface area contributed by atoms with Crippen LogP contribution in [0.2, 0.25) is 0 Å². The molecule has 14 heavy (non-hydrogen) atoms. The van der Waals surface area contributed by atoms with Crippen molar-refractivity contribution in [1.82, 2.24) is 19.9 Å². The first-order valence-corrected chi connectivity index (χ1v) is 5.00. The Morgan fingerprint density at radius 3 is 2.86 bits per heavy atom. The molecule has 0 aromatic carbocycles. The van der Waals surface area contributed by atoms with Gasteiger partial charge in [-0.25, -0.2) is 0 Å². The zero-order valence-electron chi connectivity index (χ0n) is 8.72. The third-order valence-corrected chi connectivity index (χ3v) is 2.85. The van der Waals surface area contributed by atoms with Gasteiger partial charge in [0.15, 0.2) is 0 Å². The first-order chi connectivity index (χ1) is 6.68. The van der Waals surface area contributed by atoms with Crippen LogP contribution in [0.1, 0.15) is 24.6 Å². The molecule has 0 spiro atoms.